The number of hydrazine groups is 1. The van der Waals surface area contributed by atoms with E-state index >= 15 is 0 Å². The van der Waals surface area contributed by atoms with Gasteiger partial charge in [0.1, 0.15) is 0 Å². The molecule has 0 heterocycles. The fraction of sp³-hybridized carbons (Fsp3) is 0. The van der Waals surface area contributed by atoms with Gasteiger partial charge in [0.15, 0.2) is 5.11 Å². The lowest BCUT2D eigenvalue weighted by molar-refractivity contribution is -0.384. The number of nitro groups is 1. The number of nitro benzene ring substituents is 1. The minimum Gasteiger partial charge on any atom is -0.375 e. The van der Waals surface area contributed by atoms with Gasteiger partial charge in [-0.2, -0.15) is 0 Å². The van der Waals surface area contributed by atoms with Crippen molar-refractivity contribution in [2.75, 3.05) is 5.43 Å². The molecule has 74 valence electrons. The second-order valence-electron chi connectivity index (χ2n) is 2.42. The van der Waals surface area contributed by atoms with Crippen molar-refractivity contribution in [3.05, 3.63) is 34.4 Å². The first kappa shape index (κ1) is 10.2. The summed E-state index contributed by atoms with van der Waals surface area (Å²) in [6, 6.07) is 5.85. The molecule has 0 amide bonds. The summed E-state index contributed by atoms with van der Waals surface area (Å²) in [6.07, 6.45) is 0. The number of benzene rings is 1. The second kappa shape index (κ2) is 4.38. The van der Waals surface area contributed by atoms with Crippen LogP contribution in [-0.2, 0) is 0 Å². The van der Waals surface area contributed by atoms with Crippen LogP contribution in [0.2, 0.25) is 0 Å². The van der Waals surface area contributed by atoms with Crippen molar-refractivity contribution in [2.24, 2.45) is 5.73 Å². The Morgan fingerprint density at radius 3 is 2.43 bits per heavy atom. The minimum absolute atomic E-state index is 0.0332. The molecule has 0 aromatic heterocycles. The molecule has 14 heavy (non-hydrogen) atoms. The molecule has 0 atom stereocenters. The highest BCUT2D eigenvalue weighted by molar-refractivity contribution is 7.80. The lowest BCUT2D eigenvalue weighted by atomic mass is 10.3. The molecule has 0 fully saturated rings. The summed E-state index contributed by atoms with van der Waals surface area (Å²) in [7, 11) is 0. The van der Waals surface area contributed by atoms with Crippen LogP contribution in [0, 0.1) is 10.1 Å². The summed E-state index contributed by atoms with van der Waals surface area (Å²) in [4.78, 5) is 9.84. The van der Waals surface area contributed by atoms with Gasteiger partial charge in [-0.15, -0.1) is 0 Å². The first-order valence-electron chi connectivity index (χ1n) is 3.65. The van der Waals surface area contributed by atoms with Gasteiger partial charge in [0.25, 0.3) is 5.69 Å². The van der Waals surface area contributed by atoms with Crippen LogP contribution in [-0.4, -0.2) is 10.0 Å². The zero-order valence-corrected chi connectivity index (χ0v) is 7.88. The Kier molecular flexibility index (Phi) is 3.19. The van der Waals surface area contributed by atoms with E-state index in [-0.39, 0.29) is 10.8 Å². The molecule has 1 aromatic carbocycles. The van der Waals surface area contributed by atoms with Gasteiger partial charge < -0.3 is 5.73 Å². The first-order chi connectivity index (χ1) is 6.59. The number of nitrogens with one attached hydrogen (secondary N) is 2. The highest BCUT2D eigenvalue weighted by Gasteiger charge is 2.02. The maximum Gasteiger partial charge on any atom is 0.269 e. The third-order valence-electron chi connectivity index (χ3n) is 1.41. The number of nitrogens with zero attached hydrogens (tertiary/aromatic N) is 1. The predicted molar refractivity (Wildman–Crippen MR) is 56.6 cm³/mol. The molecule has 0 saturated heterocycles. The minimum atomic E-state index is -0.467. The number of thiocarbonyl (C=S) groups is 1. The Morgan fingerprint density at radius 2 is 2.00 bits per heavy atom. The summed E-state index contributed by atoms with van der Waals surface area (Å²) < 4.78 is 0. The van der Waals surface area contributed by atoms with Crippen LogP contribution in [0.25, 0.3) is 0 Å². The number of nitrogens with two attached hydrogens (primary N) is 1. The maximum atomic E-state index is 10.3. The van der Waals surface area contributed by atoms with Crippen LogP contribution in [0.5, 0.6) is 0 Å². The van der Waals surface area contributed by atoms with E-state index in [1.807, 2.05) is 0 Å². The van der Waals surface area contributed by atoms with Gasteiger partial charge in [0, 0.05) is 12.1 Å². The fourth-order valence-electron chi connectivity index (χ4n) is 0.800. The molecule has 6 nitrogen and oxygen atoms in total. The molecular formula is C7H8N4O2S. The van der Waals surface area contributed by atoms with Crippen LogP contribution in [0.3, 0.4) is 0 Å². The van der Waals surface area contributed by atoms with E-state index < -0.39 is 4.92 Å². The number of hydrogen-bond donors (Lipinski definition) is 3. The van der Waals surface area contributed by atoms with Gasteiger partial charge in [-0.05, 0) is 24.4 Å². The fourth-order valence-corrected chi connectivity index (χ4v) is 0.851. The van der Waals surface area contributed by atoms with E-state index in [4.69, 9.17) is 5.73 Å². The van der Waals surface area contributed by atoms with Crippen LogP contribution in [0.4, 0.5) is 11.4 Å². The number of hydrogen-bond acceptors (Lipinski definition) is 4. The van der Waals surface area contributed by atoms with Gasteiger partial charge in [-0.25, -0.2) is 0 Å². The van der Waals surface area contributed by atoms with E-state index in [9.17, 15) is 10.1 Å². The normalized spacial score (nSPS) is 9.14. The third kappa shape index (κ3) is 2.87. The molecule has 7 heteroatoms. The van der Waals surface area contributed by atoms with Gasteiger partial charge in [0.2, 0.25) is 0 Å². The van der Waals surface area contributed by atoms with Crippen molar-refractivity contribution in [1.82, 2.24) is 5.43 Å². The Bertz CT molecular complexity index is 351. The lowest BCUT2D eigenvalue weighted by Gasteiger charge is -2.06. The number of rotatable bonds is 3. The van der Waals surface area contributed by atoms with E-state index in [0.29, 0.717) is 5.69 Å². The molecule has 0 aliphatic carbocycles. The van der Waals surface area contributed by atoms with Crippen molar-refractivity contribution in [1.29, 1.82) is 0 Å². The van der Waals surface area contributed by atoms with E-state index in [0.717, 1.165) is 0 Å². The largest absolute Gasteiger partial charge is 0.375 e. The monoisotopic (exact) mass is 212 g/mol. The van der Waals surface area contributed by atoms with Crippen molar-refractivity contribution in [3.63, 3.8) is 0 Å². The van der Waals surface area contributed by atoms with Crippen molar-refractivity contribution in [2.45, 2.75) is 0 Å². The Morgan fingerprint density at radius 1 is 1.43 bits per heavy atom. The molecule has 0 saturated carbocycles. The quantitative estimate of drug-likeness (QED) is 0.389. The SMILES string of the molecule is NC(=S)NNc1ccc([N+](=O)[O-])cc1. The first-order valence-corrected chi connectivity index (χ1v) is 4.06. The highest BCUT2D eigenvalue weighted by Crippen LogP contribution is 2.14. The molecule has 1 aromatic rings. The molecule has 0 radical (unpaired) electrons. The van der Waals surface area contributed by atoms with E-state index in [2.05, 4.69) is 23.1 Å². The molecule has 0 aliphatic rings. The standard InChI is InChI=1S/C7H8N4O2S/c8-7(14)10-9-5-1-3-6(4-2-5)11(12)13/h1-4,9H,(H3,8,10,14). The molecular weight excluding hydrogens is 204 g/mol. The molecule has 0 bridgehead atoms. The smallest absolute Gasteiger partial charge is 0.269 e. The second-order valence-corrected chi connectivity index (χ2v) is 2.86. The summed E-state index contributed by atoms with van der Waals surface area (Å²) in [5.74, 6) is 0. The van der Waals surface area contributed by atoms with Crippen LogP contribution < -0.4 is 16.6 Å². The molecule has 4 N–H and O–H groups in total. The zero-order chi connectivity index (χ0) is 10.6. The number of anilines is 1. The molecule has 0 unspecified atom stereocenters. The summed E-state index contributed by atoms with van der Waals surface area (Å²) >= 11 is 4.56. The topological polar surface area (TPSA) is 93.2 Å². The lowest BCUT2D eigenvalue weighted by Crippen LogP contribution is -2.33. The van der Waals surface area contributed by atoms with E-state index in [1.165, 1.54) is 12.1 Å². The Hall–Kier alpha value is -1.89. The highest BCUT2D eigenvalue weighted by atomic mass is 32.1. The third-order valence-corrected chi connectivity index (χ3v) is 1.51. The van der Waals surface area contributed by atoms with E-state index in [1.54, 1.807) is 12.1 Å². The van der Waals surface area contributed by atoms with Gasteiger partial charge in [-0.3, -0.25) is 21.0 Å². The van der Waals surface area contributed by atoms with Crippen molar-refractivity contribution in [3.8, 4) is 0 Å². The van der Waals surface area contributed by atoms with Crippen molar-refractivity contribution < 1.29 is 4.92 Å². The number of non-ortho nitro benzene ring substituents is 1. The zero-order valence-electron chi connectivity index (χ0n) is 7.06. The average molecular weight is 212 g/mol. The predicted octanol–water partition coefficient (Wildman–Crippen LogP) is 0.755. The maximum absolute atomic E-state index is 10.3. The molecule has 0 aliphatic heterocycles. The Labute approximate surface area is 85.2 Å². The molecule has 1 rings (SSSR count). The Balaban J connectivity index is 2.64. The summed E-state index contributed by atoms with van der Waals surface area (Å²) in [6.45, 7) is 0. The summed E-state index contributed by atoms with van der Waals surface area (Å²) in [5.41, 5.74) is 11.0. The van der Waals surface area contributed by atoms with Gasteiger partial charge >= 0.3 is 0 Å². The summed E-state index contributed by atoms with van der Waals surface area (Å²) in [5, 5.41) is 10.4. The average Bonchev–Trinajstić information content (AvgIpc) is 2.15. The van der Waals surface area contributed by atoms with Gasteiger partial charge in [-0.1, -0.05) is 0 Å². The van der Waals surface area contributed by atoms with Gasteiger partial charge in [0.05, 0.1) is 10.6 Å². The van der Waals surface area contributed by atoms with Crippen molar-refractivity contribution >= 4 is 28.7 Å². The van der Waals surface area contributed by atoms with Crippen LogP contribution in [0.15, 0.2) is 24.3 Å². The molecule has 0 spiro atoms. The van der Waals surface area contributed by atoms with Crippen LogP contribution >= 0.6 is 12.2 Å². The van der Waals surface area contributed by atoms with Crippen LogP contribution in [0.1, 0.15) is 0 Å².